The van der Waals surface area contributed by atoms with Crippen LogP contribution >= 0.6 is 15.9 Å². The first-order chi connectivity index (χ1) is 8.69. The summed E-state index contributed by atoms with van der Waals surface area (Å²) in [5, 5.41) is 0.599. The van der Waals surface area contributed by atoms with Crippen LogP contribution in [-0.4, -0.2) is 0 Å². The second-order valence-electron chi connectivity index (χ2n) is 3.81. The van der Waals surface area contributed by atoms with E-state index in [0.717, 1.165) is 11.1 Å². The summed E-state index contributed by atoms with van der Waals surface area (Å²) in [5.41, 5.74) is 1.64. The van der Waals surface area contributed by atoms with E-state index >= 15 is 0 Å². The molecule has 0 unspecified atom stereocenters. The first-order valence-electron chi connectivity index (χ1n) is 5.40. The average Bonchev–Trinajstić information content (AvgIpc) is 2.39. The van der Waals surface area contributed by atoms with E-state index in [0.29, 0.717) is 5.33 Å². The SMILES string of the molecule is Fc1ccc(COc2ccc(CBr)cc2F)cc1. The molecular formula is C14H11BrF2O. The van der Waals surface area contributed by atoms with E-state index in [1.54, 1.807) is 24.3 Å². The van der Waals surface area contributed by atoms with Gasteiger partial charge in [-0.3, -0.25) is 0 Å². The van der Waals surface area contributed by atoms with Crippen molar-refractivity contribution in [1.82, 2.24) is 0 Å². The number of alkyl halides is 1. The summed E-state index contributed by atoms with van der Waals surface area (Å²) in [4.78, 5) is 0. The molecule has 0 spiro atoms. The molecule has 18 heavy (non-hydrogen) atoms. The highest BCUT2D eigenvalue weighted by atomic mass is 79.9. The van der Waals surface area contributed by atoms with Gasteiger partial charge in [0.1, 0.15) is 12.4 Å². The van der Waals surface area contributed by atoms with Gasteiger partial charge in [0, 0.05) is 5.33 Å². The molecule has 2 aromatic carbocycles. The molecule has 0 bridgehead atoms. The largest absolute Gasteiger partial charge is 0.486 e. The van der Waals surface area contributed by atoms with E-state index in [2.05, 4.69) is 15.9 Å². The molecule has 0 saturated carbocycles. The fraction of sp³-hybridized carbons (Fsp3) is 0.143. The zero-order chi connectivity index (χ0) is 13.0. The van der Waals surface area contributed by atoms with Crippen molar-refractivity contribution in [3.8, 4) is 5.75 Å². The Bertz CT molecular complexity index is 526. The lowest BCUT2D eigenvalue weighted by molar-refractivity contribution is 0.290. The van der Waals surface area contributed by atoms with Gasteiger partial charge in [-0.25, -0.2) is 8.78 Å². The third-order valence-corrected chi connectivity index (χ3v) is 3.11. The van der Waals surface area contributed by atoms with Crippen molar-refractivity contribution in [2.24, 2.45) is 0 Å². The minimum Gasteiger partial charge on any atom is -0.486 e. The molecule has 0 aromatic heterocycles. The molecule has 0 heterocycles. The summed E-state index contributed by atoms with van der Waals surface area (Å²) < 4.78 is 31.6. The summed E-state index contributed by atoms with van der Waals surface area (Å²) in [6, 6.07) is 10.7. The maximum Gasteiger partial charge on any atom is 0.165 e. The van der Waals surface area contributed by atoms with Gasteiger partial charge in [-0.05, 0) is 35.4 Å². The van der Waals surface area contributed by atoms with Gasteiger partial charge >= 0.3 is 0 Å². The number of halogens is 3. The van der Waals surface area contributed by atoms with E-state index in [9.17, 15) is 8.78 Å². The molecule has 0 aliphatic rings. The molecule has 2 aromatic rings. The van der Waals surface area contributed by atoms with Crippen LogP contribution in [0.1, 0.15) is 11.1 Å². The highest BCUT2D eigenvalue weighted by Crippen LogP contribution is 2.20. The molecule has 94 valence electrons. The smallest absolute Gasteiger partial charge is 0.165 e. The van der Waals surface area contributed by atoms with Crippen LogP contribution in [0.15, 0.2) is 42.5 Å². The van der Waals surface area contributed by atoms with Gasteiger partial charge in [0.25, 0.3) is 0 Å². The molecule has 4 heteroatoms. The summed E-state index contributed by atoms with van der Waals surface area (Å²) in [5.74, 6) is -0.496. The standard InChI is InChI=1S/C14H11BrF2O/c15-8-11-3-6-14(13(17)7-11)18-9-10-1-4-12(16)5-2-10/h1-7H,8-9H2. The van der Waals surface area contributed by atoms with Crippen molar-refractivity contribution in [2.45, 2.75) is 11.9 Å². The molecule has 0 aliphatic carbocycles. The second-order valence-corrected chi connectivity index (χ2v) is 4.37. The molecule has 2 rings (SSSR count). The normalized spacial score (nSPS) is 10.4. The van der Waals surface area contributed by atoms with E-state index in [1.807, 2.05) is 0 Å². The molecule has 0 amide bonds. The predicted molar refractivity (Wildman–Crippen MR) is 69.8 cm³/mol. The minimum absolute atomic E-state index is 0.198. The fourth-order valence-corrected chi connectivity index (χ4v) is 1.84. The van der Waals surface area contributed by atoms with Gasteiger partial charge in [0.05, 0.1) is 0 Å². The quantitative estimate of drug-likeness (QED) is 0.758. The van der Waals surface area contributed by atoms with Gasteiger partial charge < -0.3 is 4.74 Å². The van der Waals surface area contributed by atoms with Crippen LogP contribution in [0.2, 0.25) is 0 Å². The van der Waals surface area contributed by atoms with Crippen LogP contribution in [0.3, 0.4) is 0 Å². The molecule has 0 N–H and O–H groups in total. The minimum atomic E-state index is -0.394. The van der Waals surface area contributed by atoms with Gasteiger partial charge in [-0.15, -0.1) is 0 Å². The Balaban J connectivity index is 2.04. The summed E-state index contributed by atoms with van der Waals surface area (Å²) in [6.07, 6.45) is 0. The third kappa shape index (κ3) is 3.29. The molecule has 0 fully saturated rings. The van der Waals surface area contributed by atoms with Gasteiger partial charge in [-0.1, -0.05) is 34.1 Å². The zero-order valence-corrected chi connectivity index (χ0v) is 11.1. The Morgan fingerprint density at radius 2 is 1.61 bits per heavy atom. The van der Waals surface area contributed by atoms with Gasteiger partial charge in [0.2, 0.25) is 0 Å². The lowest BCUT2D eigenvalue weighted by Gasteiger charge is -2.08. The maximum absolute atomic E-state index is 13.6. The van der Waals surface area contributed by atoms with Crippen molar-refractivity contribution in [2.75, 3.05) is 0 Å². The molecule has 0 radical (unpaired) electrons. The zero-order valence-electron chi connectivity index (χ0n) is 9.50. The maximum atomic E-state index is 13.6. The van der Waals surface area contributed by atoms with Crippen molar-refractivity contribution >= 4 is 15.9 Å². The monoisotopic (exact) mass is 312 g/mol. The van der Waals surface area contributed by atoms with Crippen LogP contribution in [-0.2, 0) is 11.9 Å². The van der Waals surface area contributed by atoms with Crippen molar-refractivity contribution < 1.29 is 13.5 Å². The van der Waals surface area contributed by atoms with Gasteiger partial charge in [-0.2, -0.15) is 0 Å². The number of benzene rings is 2. The van der Waals surface area contributed by atoms with Crippen LogP contribution < -0.4 is 4.74 Å². The highest BCUT2D eigenvalue weighted by molar-refractivity contribution is 9.08. The lowest BCUT2D eigenvalue weighted by Crippen LogP contribution is -1.98. The molecule has 0 aliphatic heterocycles. The predicted octanol–water partition coefficient (Wildman–Crippen LogP) is 4.44. The third-order valence-electron chi connectivity index (χ3n) is 2.46. The topological polar surface area (TPSA) is 9.23 Å². The molecule has 0 saturated heterocycles. The van der Waals surface area contributed by atoms with Crippen LogP contribution in [0.4, 0.5) is 8.78 Å². The second kappa shape index (κ2) is 5.96. The molecule has 0 atom stereocenters. The van der Waals surface area contributed by atoms with Gasteiger partial charge in [0.15, 0.2) is 11.6 Å². The number of ether oxygens (including phenoxy) is 1. The Morgan fingerprint density at radius 1 is 0.944 bits per heavy atom. The summed E-state index contributed by atoms with van der Waals surface area (Å²) in [7, 11) is 0. The van der Waals surface area contributed by atoms with Crippen LogP contribution in [0, 0.1) is 11.6 Å². The number of hydrogen-bond acceptors (Lipinski definition) is 1. The Labute approximate surface area is 113 Å². The van der Waals surface area contributed by atoms with E-state index in [-0.39, 0.29) is 18.2 Å². The lowest BCUT2D eigenvalue weighted by atomic mass is 10.2. The van der Waals surface area contributed by atoms with Crippen molar-refractivity contribution in [3.63, 3.8) is 0 Å². The van der Waals surface area contributed by atoms with E-state index in [4.69, 9.17) is 4.74 Å². The number of hydrogen-bond donors (Lipinski definition) is 0. The first-order valence-corrected chi connectivity index (χ1v) is 6.53. The first kappa shape index (κ1) is 13.0. The Kier molecular flexibility index (Phi) is 4.31. The van der Waals surface area contributed by atoms with Crippen LogP contribution in [0.25, 0.3) is 0 Å². The fourth-order valence-electron chi connectivity index (χ4n) is 1.49. The number of rotatable bonds is 4. The molecule has 1 nitrogen and oxygen atoms in total. The Hall–Kier alpha value is -1.42. The van der Waals surface area contributed by atoms with E-state index < -0.39 is 5.82 Å². The summed E-state index contributed by atoms with van der Waals surface area (Å²) >= 11 is 3.26. The molecular weight excluding hydrogens is 302 g/mol. The van der Waals surface area contributed by atoms with E-state index in [1.165, 1.54) is 18.2 Å². The van der Waals surface area contributed by atoms with Crippen molar-refractivity contribution in [3.05, 3.63) is 65.2 Å². The highest BCUT2D eigenvalue weighted by Gasteiger charge is 2.04. The Morgan fingerprint density at radius 3 is 2.22 bits per heavy atom. The van der Waals surface area contributed by atoms with Crippen LogP contribution in [0.5, 0.6) is 5.75 Å². The average molecular weight is 313 g/mol. The summed E-state index contributed by atoms with van der Waals surface area (Å²) in [6.45, 7) is 0.213. The van der Waals surface area contributed by atoms with Crippen molar-refractivity contribution in [1.29, 1.82) is 0 Å².